The first-order valence-corrected chi connectivity index (χ1v) is 7.73. The van der Waals surface area contributed by atoms with Gasteiger partial charge in [-0.1, -0.05) is 30.3 Å². The van der Waals surface area contributed by atoms with Gasteiger partial charge in [-0.25, -0.2) is 0 Å². The first-order chi connectivity index (χ1) is 11.6. The molecule has 0 unspecified atom stereocenters. The van der Waals surface area contributed by atoms with Crippen molar-refractivity contribution < 1.29 is 14.3 Å². The van der Waals surface area contributed by atoms with Crippen LogP contribution in [0.4, 0.5) is 0 Å². The molecular formula is C18H21N3O3. The van der Waals surface area contributed by atoms with Crippen LogP contribution in [0.5, 0.6) is 0 Å². The van der Waals surface area contributed by atoms with Gasteiger partial charge >= 0.3 is 5.97 Å². The molecule has 0 radical (unpaired) electrons. The minimum atomic E-state index is -0.420. The minimum Gasteiger partial charge on any atom is -0.465 e. The van der Waals surface area contributed by atoms with Gasteiger partial charge in [-0.3, -0.25) is 14.3 Å². The number of ether oxygens (including phenoxy) is 1. The summed E-state index contributed by atoms with van der Waals surface area (Å²) < 4.78 is 6.61. The molecule has 0 aliphatic carbocycles. The fraction of sp³-hybridized carbons (Fsp3) is 0.278. The average Bonchev–Trinajstić information content (AvgIpc) is 2.98. The van der Waals surface area contributed by atoms with E-state index in [-0.39, 0.29) is 19.1 Å². The molecule has 0 atom stereocenters. The highest BCUT2D eigenvalue weighted by atomic mass is 16.5. The molecule has 2 aromatic rings. The molecule has 1 aromatic heterocycles. The second-order valence-corrected chi connectivity index (χ2v) is 5.27. The summed E-state index contributed by atoms with van der Waals surface area (Å²) in [6.07, 6.45) is 6.59. The van der Waals surface area contributed by atoms with Crippen molar-refractivity contribution in [2.75, 3.05) is 13.2 Å². The van der Waals surface area contributed by atoms with Gasteiger partial charge in [0.25, 0.3) is 0 Å². The molecule has 0 bridgehead atoms. The lowest BCUT2D eigenvalue weighted by molar-refractivity contribution is -0.148. The van der Waals surface area contributed by atoms with Crippen LogP contribution in [-0.4, -0.2) is 39.7 Å². The first kappa shape index (κ1) is 17.5. The number of esters is 1. The number of hydrogen-bond acceptors (Lipinski definition) is 4. The van der Waals surface area contributed by atoms with E-state index in [0.29, 0.717) is 6.54 Å². The molecule has 0 saturated carbocycles. The molecule has 0 aliphatic heterocycles. The molecule has 0 spiro atoms. The minimum absolute atomic E-state index is 0.0844. The van der Waals surface area contributed by atoms with Crippen LogP contribution in [-0.2, 0) is 27.9 Å². The molecule has 1 amide bonds. The second kappa shape index (κ2) is 8.67. The van der Waals surface area contributed by atoms with Gasteiger partial charge in [-0.15, -0.1) is 0 Å². The zero-order chi connectivity index (χ0) is 17.4. The van der Waals surface area contributed by atoms with Crippen molar-refractivity contribution in [3.05, 3.63) is 59.9 Å². The fourth-order valence-electron chi connectivity index (χ4n) is 2.18. The maximum atomic E-state index is 12.5. The number of nitrogens with zero attached hydrogens (tertiary/aromatic N) is 3. The largest absolute Gasteiger partial charge is 0.465 e. The predicted molar refractivity (Wildman–Crippen MR) is 90.7 cm³/mol. The van der Waals surface area contributed by atoms with Crippen LogP contribution in [0.25, 0.3) is 6.08 Å². The zero-order valence-electron chi connectivity index (χ0n) is 13.9. The molecule has 1 heterocycles. The van der Waals surface area contributed by atoms with Crippen molar-refractivity contribution in [2.45, 2.75) is 13.5 Å². The lowest BCUT2D eigenvalue weighted by Gasteiger charge is -2.20. The van der Waals surface area contributed by atoms with E-state index < -0.39 is 5.97 Å². The highest BCUT2D eigenvalue weighted by Gasteiger charge is 2.16. The fourth-order valence-corrected chi connectivity index (χ4v) is 2.18. The Kier molecular flexibility index (Phi) is 6.31. The third-order valence-corrected chi connectivity index (χ3v) is 3.30. The van der Waals surface area contributed by atoms with E-state index in [1.165, 1.54) is 11.0 Å². The maximum absolute atomic E-state index is 12.5. The van der Waals surface area contributed by atoms with Crippen molar-refractivity contribution in [3.8, 4) is 0 Å². The molecule has 0 saturated heterocycles. The number of hydrogen-bond donors (Lipinski definition) is 0. The molecule has 0 fully saturated rings. The molecule has 0 N–H and O–H groups in total. The first-order valence-electron chi connectivity index (χ1n) is 7.73. The third-order valence-electron chi connectivity index (χ3n) is 3.30. The van der Waals surface area contributed by atoms with E-state index >= 15 is 0 Å². The number of aromatic nitrogens is 2. The SMILES string of the molecule is CCOC(=O)CN(Cc1ccccc1)C(=O)C=Cc1cnn(C)c1. The zero-order valence-corrected chi connectivity index (χ0v) is 13.9. The summed E-state index contributed by atoms with van der Waals surface area (Å²) in [7, 11) is 1.81. The standard InChI is InChI=1S/C18H21N3O3/c1-3-24-18(23)14-21(13-15-7-5-4-6-8-15)17(22)10-9-16-11-19-20(2)12-16/h4-12H,3,13-14H2,1-2H3. The Morgan fingerprint density at radius 1 is 1.29 bits per heavy atom. The van der Waals surface area contributed by atoms with Crippen LogP contribution >= 0.6 is 0 Å². The van der Waals surface area contributed by atoms with E-state index in [4.69, 9.17) is 4.74 Å². The Morgan fingerprint density at radius 3 is 2.67 bits per heavy atom. The van der Waals surface area contributed by atoms with Crippen LogP contribution in [0.2, 0.25) is 0 Å². The molecular weight excluding hydrogens is 306 g/mol. The lowest BCUT2D eigenvalue weighted by Crippen LogP contribution is -2.35. The van der Waals surface area contributed by atoms with Gasteiger partial charge in [-0.05, 0) is 18.6 Å². The van der Waals surface area contributed by atoms with E-state index in [2.05, 4.69) is 5.10 Å². The molecule has 6 nitrogen and oxygen atoms in total. The van der Waals surface area contributed by atoms with Crippen LogP contribution in [0.15, 0.2) is 48.8 Å². The van der Waals surface area contributed by atoms with Crippen molar-refractivity contribution in [1.82, 2.24) is 14.7 Å². The molecule has 0 aliphatic rings. The van der Waals surface area contributed by atoms with Gasteiger partial charge in [0.15, 0.2) is 0 Å². The van der Waals surface area contributed by atoms with E-state index in [1.54, 1.807) is 30.1 Å². The van der Waals surface area contributed by atoms with Gasteiger partial charge in [-0.2, -0.15) is 5.10 Å². The van der Waals surface area contributed by atoms with E-state index in [1.807, 2.05) is 37.4 Å². The van der Waals surface area contributed by atoms with Crippen LogP contribution in [0, 0.1) is 0 Å². The number of aryl methyl sites for hydroxylation is 1. The van der Waals surface area contributed by atoms with Crippen molar-refractivity contribution >= 4 is 18.0 Å². The van der Waals surface area contributed by atoms with Gasteiger partial charge in [0.1, 0.15) is 6.54 Å². The Hall–Kier alpha value is -2.89. The highest BCUT2D eigenvalue weighted by molar-refractivity contribution is 5.93. The summed E-state index contributed by atoms with van der Waals surface area (Å²) >= 11 is 0. The van der Waals surface area contributed by atoms with Crippen molar-refractivity contribution in [1.29, 1.82) is 0 Å². The number of benzene rings is 1. The average molecular weight is 327 g/mol. The molecule has 1 aromatic carbocycles. The summed E-state index contributed by atoms with van der Waals surface area (Å²) in [6, 6.07) is 9.53. The van der Waals surface area contributed by atoms with Gasteiger partial charge in [0.2, 0.25) is 5.91 Å². The maximum Gasteiger partial charge on any atom is 0.325 e. The Morgan fingerprint density at radius 2 is 2.04 bits per heavy atom. The van der Waals surface area contributed by atoms with Crippen molar-refractivity contribution in [3.63, 3.8) is 0 Å². The third kappa shape index (κ3) is 5.39. The molecule has 2 rings (SSSR count). The van der Waals surface area contributed by atoms with E-state index in [9.17, 15) is 9.59 Å². The monoisotopic (exact) mass is 327 g/mol. The summed E-state index contributed by atoms with van der Waals surface area (Å²) in [5, 5.41) is 4.05. The predicted octanol–water partition coefficient (Wildman–Crippen LogP) is 2.03. The highest BCUT2D eigenvalue weighted by Crippen LogP contribution is 2.07. The topological polar surface area (TPSA) is 64.4 Å². The lowest BCUT2D eigenvalue weighted by atomic mass is 10.2. The van der Waals surface area contributed by atoms with Crippen LogP contribution in [0.3, 0.4) is 0 Å². The number of rotatable bonds is 7. The van der Waals surface area contributed by atoms with E-state index in [0.717, 1.165) is 11.1 Å². The summed E-state index contributed by atoms with van der Waals surface area (Å²) in [5.41, 5.74) is 1.77. The van der Waals surface area contributed by atoms with Crippen LogP contribution in [0.1, 0.15) is 18.1 Å². The second-order valence-electron chi connectivity index (χ2n) is 5.27. The Bertz CT molecular complexity index is 707. The number of carbonyl (C=O) groups excluding carboxylic acids is 2. The number of carbonyl (C=O) groups is 2. The smallest absolute Gasteiger partial charge is 0.325 e. The molecule has 24 heavy (non-hydrogen) atoms. The van der Waals surface area contributed by atoms with Crippen molar-refractivity contribution in [2.24, 2.45) is 7.05 Å². The van der Waals surface area contributed by atoms with Crippen LogP contribution < -0.4 is 0 Å². The number of amides is 1. The molecule has 6 heteroatoms. The quantitative estimate of drug-likeness (QED) is 0.576. The normalized spacial score (nSPS) is 10.8. The van der Waals surface area contributed by atoms with Gasteiger partial charge in [0, 0.05) is 31.4 Å². The summed E-state index contributed by atoms with van der Waals surface area (Å²) in [6.45, 7) is 2.29. The Balaban J connectivity index is 2.09. The van der Waals surface area contributed by atoms with Gasteiger partial charge in [0.05, 0.1) is 12.8 Å². The Labute approximate surface area is 141 Å². The van der Waals surface area contributed by atoms with Gasteiger partial charge < -0.3 is 9.64 Å². The summed E-state index contributed by atoms with van der Waals surface area (Å²) in [5.74, 6) is -0.674. The molecule has 126 valence electrons. The summed E-state index contributed by atoms with van der Waals surface area (Å²) in [4.78, 5) is 25.7.